The van der Waals surface area contributed by atoms with Crippen LogP contribution in [0.25, 0.3) is 0 Å². The maximum absolute atomic E-state index is 3.48. The van der Waals surface area contributed by atoms with Crippen molar-refractivity contribution in [2.75, 3.05) is 26.2 Å². The van der Waals surface area contributed by atoms with Crippen LogP contribution in [-0.4, -0.2) is 37.1 Å². The standard InChI is InChI=1S/C10H20N2/c1-9-7-11-8-10(9)12-5-3-2-4-6-12/h9-11H,2-8H2,1H3/t9-,10-/m1/s1. The molecule has 2 atom stereocenters. The number of nitrogens with zero attached hydrogens (tertiary/aromatic N) is 1. The Kier molecular flexibility index (Phi) is 2.66. The van der Waals surface area contributed by atoms with E-state index in [1.54, 1.807) is 0 Å². The van der Waals surface area contributed by atoms with Gasteiger partial charge in [-0.2, -0.15) is 0 Å². The third-order valence-electron chi connectivity index (χ3n) is 3.34. The largest absolute Gasteiger partial charge is 0.315 e. The Morgan fingerprint density at radius 1 is 1.08 bits per heavy atom. The normalized spacial score (nSPS) is 38.8. The molecule has 0 aromatic heterocycles. The summed E-state index contributed by atoms with van der Waals surface area (Å²) in [6.45, 7) is 7.51. The Labute approximate surface area is 75.3 Å². The van der Waals surface area contributed by atoms with Gasteiger partial charge in [-0.05, 0) is 38.4 Å². The second kappa shape index (κ2) is 3.75. The Bertz CT molecular complexity index is 141. The summed E-state index contributed by atoms with van der Waals surface area (Å²) in [6.07, 6.45) is 4.29. The molecule has 0 saturated carbocycles. The van der Waals surface area contributed by atoms with Crippen molar-refractivity contribution >= 4 is 0 Å². The molecule has 2 heteroatoms. The van der Waals surface area contributed by atoms with Crippen molar-refractivity contribution in [1.29, 1.82) is 0 Å². The molecule has 2 aliphatic rings. The summed E-state index contributed by atoms with van der Waals surface area (Å²) in [6, 6.07) is 0.838. The molecule has 0 aliphatic carbocycles. The summed E-state index contributed by atoms with van der Waals surface area (Å²) in [4.78, 5) is 2.69. The Morgan fingerprint density at radius 2 is 1.83 bits per heavy atom. The fourth-order valence-corrected chi connectivity index (χ4v) is 2.54. The van der Waals surface area contributed by atoms with Gasteiger partial charge in [-0.15, -0.1) is 0 Å². The second-order valence-electron chi connectivity index (χ2n) is 4.30. The number of piperidine rings is 1. The van der Waals surface area contributed by atoms with Gasteiger partial charge in [0.1, 0.15) is 0 Å². The third-order valence-corrected chi connectivity index (χ3v) is 3.34. The molecule has 2 saturated heterocycles. The molecular weight excluding hydrogens is 148 g/mol. The molecule has 0 aromatic rings. The summed E-state index contributed by atoms with van der Waals surface area (Å²) in [5.74, 6) is 0.864. The molecule has 2 rings (SSSR count). The zero-order chi connectivity index (χ0) is 8.39. The molecule has 1 N–H and O–H groups in total. The average Bonchev–Trinajstić information content (AvgIpc) is 2.53. The van der Waals surface area contributed by atoms with E-state index >= 15 is 0 Å². The van der Waals surface area contributed by atoms with Gasteiger partial charge in [0.25, 0.3) is 0 Å². The lowest BCUT2D eigenvalue weighted by Crippen LogP contribution is -2.43. The molecule has 12 heavy (non-hydrogen) atoms. The lowest BCUT2D eigenvalue weighted by molar-refractivity contribution is 0.148. The SMILES string of the molecule is C[C@@H]1CNC[C@H]1N1CCCCC1. The van der Waals surface area contributed by atoms with E-state index in [0.29, 0.717) is 0 Å². The lowest BCUT2D eigenvalue weighted by atomic mass is 10.0. The fourth-order valence-electron chi connectivity index (χ4n) is 2.54. The quantitative estimate of drug-likeness (QED) is 0.630. The van der Waals surface area contributed by atoms with Gasteiger partial charge in [0.15, 0.2) is 0 Å². The molecule has 0 spiro atoms. The lowest BCUT2D eigenvalue weighted by Gasteiger charge is -2.34. The first-order chi connectivity index (χ1) is 5.88. The zero-order valence-electron chi connectivity index (χ0n) is 8.05. The first-order valence-electron chi connectivity index (χ1n) is 5.32. The molecule has 2 nitrogen and oxygen atoms in total. The minimum absolute atomic E-state index is 0.838. The van der Waals surface area contributed by atoms with Crippen LogP contribution < -0.4 is 5.32 Å². The highest BCUT2D eigenvalue weighted by atomic mass is 15.2. The average molecular weight is 168 g/mol. The molecule has 0 unspecified atom stereocenters. The predicted molar refractivity (Wildman–Crippen MR) is 51.2 cm³/mol. The van der Waals surface area contributed by atoms with Crippen LogP contribution in [0.4, 0.5) is 0 Å². The minimum atomic E-state index is 0.838. The topological polar surface area (TPSA) is 15.3 Å². The van der Waals surface area contributed by atoms with Gasteiger partial charge in [0, 0.05) is 12.6 Å². The van der Waals surface area contributed by atoms with E-state index in [0.717, 1.165) is 12.0 Å². The number of hydrogen-bond donors (Lipinski definition) is 1. The Hall–Kier alpha value is -0.0800. The van der Waals surface area contributed by atoms with Gasteiger partial charge >= 0.3 is 0 Å². The van der Waals surface area contributed by atoms with Gasteiger partial charge in [0.2, 0.25) is 0 Å². The summed E-state index contributed by atoms with van der Waals surface area (Å²) in [7, 11) is 0. The van der Waals surface area contributed by atoms with Gasteiger partial charge < -0.3 is 5.32 Å². The van der Waals surface area contributed by atoms with Crippen LogP contribution in [0.3, 0.4) is 0 Å². The maximum Gasteiger partial charge on any atom is 0.0258 e. The van der Waals surface area contributed by atoms with Gasteiger partial charge in [0.05, 0.1) is 0 Å². The summed E-state index contributed by atoms with van der Waals surface area (Å²) in [5, 5.41) is 3.48. The van der Waals surface area contributed by atoms with Crippen molar-refractivity contribution in [1.82, 2.24) is 10.2 Å². The summed E-state index contributed by atoms with van der Waals surface area (Å²) >= 11 is 0. The highest BCUT2D eigenvalue weighted by Crippen LogP contribution is 2.19. The zero-order valence-corrected chi connectivity index (χ0v) is 8.05. The van der Waals surface area contributed by atoms with Crippen molar-refractivity contribution in [3.8, 4) is 0 Å². The fraction of sp³-hybridized carbons (Fsp3) is 1.00. The van der Waals surface area contributed by atoms with Crippen LogP contribution in [0.1, 0.15) is 26.2 Å². The Balaban J connectivity index is 1.89. The van der Waals surface area contributed by atoms with E-state index in [2.05, 4.69) is 17.1 Å². The maximum atomic E-state index is 3.48. The molecule has 0 radical (unpaired) electrons. The highest BCUT2D eigenvalue weighted by Gasteiger charge is 2.29. The van der Waals surface area contributed by atoms with E-state index in [1.807, 2.05) is 0 Å². The molecule has 2 fully saturated rings. The number of likely N-dealkylation sites (tertiary alicyclic amines) is 1. The smallest absolute Gasteiger partial charge is 0.0258 e. The summed E-state index contributed by atoms with van der Waals surface area (Å²) < 4.78 is 0. The molecule has 2 aliphatic heterocycles. The van der Waals surface area contributed by atoms with E-state index in [9.17, 15) is 0 Å². The first kappa shape index (κ1) is 8.52. The first-order valence-corrected chi connectivity index (χ1v) is 5.32. The third kappa shape index (κ3) is 1.64. The van der Waals surface area contributed by atoms with Crippen LogP contribution in [0.5, 0.6) is 0 Å². The number of rotatable bonds is 1. The molecule has 2 heterocycles. The van der Waals surface area contributed by atoms with Crippen LogP contribution >= 0.6 is 0 Å². The van der Waals surface area contributed by atoms with E-state index < -0.39 is 0 Å². The number of hydrogen-bond acceptors (Lipinski definition) is 2. The molecule has 70 valence electrons. The molecular formula is C10H20N2. The second-order valence-corrected chi connectivity index (χ2v) is 4.30. The van der Waals surface area contributed by atoms with Crippen LogP contribution in [0, 0.1) is 5.92 Å². The minimum Gasteiger partial charge on any atom is -0.315 e. The monoisotopic (exact) mass is 168 g/mol. The number of nitrogens with one attached hydrogen (secondary N) is 1. The Morgan fingerprint density at radius 3 is 2.42 bits per heavy atom. The van der Waals surface area contributed by atoms with Crippen LogP contribution in [0.15, 0.2) is 0 Å². The van der Waals surface area contributed by atoms with Crippen LogP contribution in [-0.2, 0) is 0 Å². The van der Waals surface area contributed by atoms with Crippen molar-refractivity contribution < 1.29 is 0 Å². The van der Waals surface area contributed by atoms with E-state index in [4.69, 9.17) is 0 Å². The predicted octanol–water partition coefficient (Wildman–Crippen LogP) is 1.08. The summed E-state index contributed by atoms with van der Waals surface area (Å²) in [5.41, 5.74) is 0. The molecule has 0 aromatic carbocycles. The highest BCUT2D eigenvalue weighted by molar-refractivity contribution is 4.87. The van der Waals surface area contributed by atoms with E-state index in [1.165, 1.54) is 45.4 Å². The van der Waals surface area contributed by atoms with Crippen molar-refractivity contribution in [3.63, 3.8) is 0 Å². The van der Waals surface area contributed by atoms with Crippen LogP contribution in [0.2, 0.25) is 0 Å². The van der Waals surface area contributed by atoms with Gasteiger partial charge in [-0.1, -0.05) is 13.3 Å². The van der Waals surface area contributed by atoms with Crippen molar-refractivity contribution in [3.05, 3.63) is 0 Å². The van der Waals surface area contributed by atoms with Crippen molar-refractivity contribution in [2.45, 2.75) is 32.2 Å². The molecule has 0 amide bonds. The van der Waals surface area contributed by atoms with E-state index in [-0.39, 0.29) is 0 Å². The van der Waals surface area contributed by atoms with Gasteiger partial charge in [-0.25, -0.2) is 0 Å². The van der Waals surface area contributed by atoms with Gasteiger partial charge in [-0.3, -0.25) is 4.90 Å². The van der Waals surface area contributed by atoms with Crippen molar-refractivity contribution in [2.24, 2.45) is 5.92 Å². The molecule has 0 bridgehead atoms.